The number of nitrogens with zero attached hydrogens (tertiary/aromatic N) is 1. The molecule has 0 aromatic rings. The second kappa shape index (κ2) is 4.22. The zero-order chi connectivity index (χ0) is 8.15. The van der Waals surface area contributed by atoms with Crippen molar-refractivity contribution in [3.05, 3.63) is 11.1 Å². The third-order valence-electron chi connectivity index (χ3n) is 0.843. The fourth-order valence-electron chi connectivity index (χ4n) is 0.477. The van der Waals surface area contributed by atoms with Gasteiger partial charge in [-0.05, 0) is 11.8 Å². The van der Waals surface area contributed by atoms with Crippen molar-refractivity contribution in [1.29, 1.82) is 0 Å². The molecule has 0 saturated carbocycles. The summed E-state index contributed by atoms with van der Waals surface area (Å²) in [6.45, 7) is 1.78. The van der Waals surface area contributed by atoms with E-state index < -0.39 is 6.09 Å². The number of hydrogen-bond donors (Lipinski definition) is 1. The Hall–Kier alpha value is -0.640. The van der Waals surface area contributed by atoms with Crippen LogP contribution in [0.4, 0.5) is 4.79 Å². The highest BCUT2D eigenvalue weighted by molar-refractivity contribution is 7.84. The molecule has 0 aliphatic carbocycles. The Morgan fingerprint density at radius 3 is 2.50 bits per heavy atom. The van der Waals surface area contributed by atoms with Gasteiger partial charge >= 0.3 is 6.09 Å². The summed E-state index contributed by atoms with van der Waals surface area (Å²) in [5, 5.41) is 0. The predicted octanol–water partition coefficient (Wildman–Crippen LogP) is 1.48. The van der Waals surface area contributed by atoms with Crippen molar-refractivity contribution in [1.82, 2.24) is 4.90 Å². The first-order valence-corrected chi connectivity index (χ1v) is 3.21. The maximum absolute atomic E-state index is 10.7. The van der Waals surface area contributed by atoms with Crippen molar-refractivity contribution in [3.63, 3.8) is 0 Å². The molecule has 0 aliphatic heterocycles. The smallest absolute Gasteiger partial charge is 0.413 e. The van der Waals surface area contributed by atoms with E-state index in [1.165, 1.54) is 12.0 Å². The van der Waals surface area contributed by atoms with Gasteiger partial charge in [0, 0.05) is 13.2 Å². The predicted molar refractivity (Wildman–Crippen MR) is 42.9 cm³/mol. The van der Waals surface area contributed by atoms with Crippen molar-refractivity contribution < 1.29 is 9.53 Å². The first-order valence-electron chi connectivity index (χ1n) is 2.76. The minimum Gasteiger partial charge on any atom is -0.453 e. The van der Waals surface area contributed by atoms with Gasteiger partial charge in [-0.25, -0.2) is 4.79 Å². The van der Waals surface area contributed by atoms with Gasteiger partial charge in [0.25, 0.3) is 0 Å². The molecule has 1 amide bonds. The standard InChI is InChI=1S/C6H11NO2S/c1-5(10)4-7(2)6(8)9-3/h4,10H,1-3H3/b5-4-. The lowest BCUT2D eigenvalue weighted by Gasteiger charge is -2.09. The van der Waals surface area contributed by atoms with Crippen LogP contribution >= 0.6 is 12.6 Å². The van der Waals surface area contributed by atoms with Crippen LogP contribution in [-0.4, -0.2) is 25.2 Å². The summed E-state index contributed by atoms with van der Waals surface area (Å²) < 4.78 is 4.42. The number of carbonyl (C=O) groups excluding carboxylic acids is 1. The van der Waals surface area contributed by atoms with Crippen molar-refractivity contribution in [2.24, 2.45) is 0 Å². The minimum atomic E-state index is -0.395. The third kappa shape index (κ3) is 3.40. The van der Waals surface area contributed by atoms with Gasteiger partial charge in [0.2, 0.25) is 0 Å². The maximum Gasteiger partial charge on any atom is 0.413 e. The number of amides is 1. The summed E-state index contributed by atoms with van der Waals surface area (Å²) in [6, 6.07) is 0. The quantitative estimate of drug-likeness (QED) is 0.590. The molecule has 0 aromatic carbocycles. The molecule has 0 aliphatic rings. The Morgan fingerprint density at radius 2 is 2.20 bits per heavy atom. The van der Waals surface area contributed by atoms with Crippen LogP contribution in [0.3, 0.4) is 0 Å². The molecule has 0 atom stereocenters. The summed E-state index contributed by atoms with van der Waals surface area (Å²) in [6.07, 6.45) is 1.18. The summed E-state index contributed by atoms with van der Waals surface area (Å²) in [4.78, 5) is 12.8. The van der Waals surface area contributed by atoms with Crippen molar-refractivity contribution in [2.45, 2.75) is 6.92 Å². The van der Waals surface area contributed by atoms with E-state index in [4.69, 9.17) is 0 Å². The molecule has 0 spiro atoms. The van der Waals surface area contributed by atoms with E-state index in [-0.39, 0.29) is 0 Å². The molecule has 0 saturated heterocycles. The van der Waals surface area contributed by atoms with Gasteiger partial charge in [-0.15, -0.1) is 12.6 Å². The van der Waals surface area contributed by atoms with Crippen LogP contribution in [0.25, 0.3) is 0 Å². The van der Waals surface area contributed by atoms with Crippen LogP contribution in [-0.2, 0) is 4.74 Å². The lowest BCUT2D eigenvalue weighted by Crippen LogP contribution is -2.20. The highest BCUT2D eigenvalue weighted by Crippen LogP contribution is 1.99. The lowest BCUT2D eigenvalue weighted by atomic mass is 10.6. The van der Waals surface area contributed by atoms with E-state index >= 15 is 0 Å². The number of rotatable bonds is 1. The number of thiol groups is 1. The molecule has 0 rings (SSSR count). The Kier molecular flexibility index (Phi) is 3.95. The molecular formula is C6H11NO2S. The first-order chi connectivity index (χ1) is 4.57. The Bertz CT molecular complexity index is 152. The number of allylic oxidation sites excluding steroid dienone is 1. The minimum absolute atomic E-state index is 0.395. The van der Waals surface area contributed by atoms with Crippen LogP contribution < -0.4 is 0 Å². The number of ether oxygens (including phenoxy) is 1. The summed E-state index contributed by atoms with van der Waals surface area (Å²) in [5.74, 6) is 0. The highest BCUT2D eigenvalue weighted by Gasteiger charge is 2.02. The van der Waals surface area contributed by atoms with E-state index in [1.807, 2.05) is 0 Å². The molecule has 0 radical (unpaired) electrons. The van der Waals surface area contributed by atoms with E-state index in [0.29, 0.717) is 0 Å². The lowest BCUT2D eigenvalue weighted by molar-refractivity contribution is 0.147. The van der Waals surface area contributed by atoms with Crippen LogP contribution in [0.15, 0.2) is 11.1 Å². The van der Waals surface area contributed by atoms with Crippen LogP contribution in [0, 0.1) is 0 Å². The normalized spacial score (nSPS) is 11.0. The maximum atomic E-state index is 10.7. The fraction of sp³-hybridized carbons (Fsp3) is 0.500. The summed E-state index contributed by atoms with van der Waals surface area (Å²) in [5.41, 5.74) is 0. The number of methoxy groups -OCH3 is 1. The van der Waals surface area contributed by atoms with Crippen LogP contribution in [0.1, 0.15) is 6.92 Å². The fourth-order valence-corrected chi connectivity index (χ4v) is 0.650. The SMILES string of the molecule is COC(=O)N(C)/C=C(/C)S. The van der Waals surface area contributed by atoms with Gasteiger partial charge < -0.3 is 4.74 Å². The molecular weight excluding hydrogens is 150 g/mol. The molecule has 0 N–H and O–H groups in total. The molecule has 3 nitrogen and oxygen atoms in total. The van der Waals surface area contributed by atoms with Gasteiger partial charge in [0.1, 0.15) is 0 Å². The molecule has 0 aromatic heterocycles. The Morgan fingerprint density at radius 1 is 1.70 bits per heavy atom. The Labute approximate surface area is 66.1 Å². The van der Waals surface area contributed by atoms with Crippen molar-refractivity contribution in [3.8, 4) is 0 Å². The molecule has 10 heavy (non-hydrogen) atoms. The summed E-state index contributed by atoms with van der Waals surface area (Å²) in [7, 11) is 2.94. The number of carbonyl (C=O) groups is 1. The summed E-state index contributed by atoms with van der Waals surface area (Å²) >= 11 is 3.98. The van der Waals surface area contributed by atoms with Crippen molar-refractivity contribution in [2.75, 3.05) is 14.2 Å². The second-order valence-electron chi connectivity index (χ2n) is 1.85. The monoisotopic (exact) mass is 161 g/mol. The van der Waals surface area contributed by atoms with Gasteiger partial charge in [-0.3, -0.25) is 4.90 Å². The Balaban J connectivity index is 3.96. The molecule has 0 bridgehead atoms. The van der Waals surface area contributed by atoms with Gasteiger partial charge in [-0.2, -0.15) is 0 Å². The van der Waals surface area contributed by atoms with E-state index in [0.717, 1.165) is 4.91 Å². The molecule has 0 fully saturated rings. The second-order valence-corrected chi connectivity index (χ2v) is 2.56. The van der Waals surface area contributed by atoms with Crippen LogP contribution in [0.5, 0.6) is 0 Å². The highest BCUT2D eigenvalue weighted by atomic mass is 32.1. The van der Waals surface area contributed by atoms with Gasteiger partial charge in [-0.1, -0.05) is 0 Å². The van der Waals surface area contributed by atoms with Gasteiger partial charge in [0.05, 0.1) is 7.11 Å². The zero-order valence-electron chi connectivity index (χ0n) is 6.29. The van der Waals surface area contributed by atoms with Gasteiger partial charge in [0.15, 0.2) is 0 Å². The third-order valence-corrected chi connectivity index (χ3v) is 0.959. The van der Waals surface area contributed by atoms with Crippen molar-refractivity contribution >= 4 is 18.7 Å². The molecule has 0 unspecified atom stereocenters. The van der Waals surface area contributed by atoms with E-state index in [1.54, 1.807) is 20.2 Å². The number of hydrogen-bond acceptors (Lipinski definition) is 3. The first kappa shape index (κ1) is 9.36. The topological polar surface area (TPSA) is 29.5 Å². The molecule has 4 heteroatoms. The van der Waals surface area contributed by atoms with E-state index in [2.05, 4.69) is 17.4 Å². The average Bonchev–Trinajstić information content (AvgIpc) is 1.85. The zero-order valence-corrected chi connectivity index (χ0v) is 7.18. The largest absolute Gasteiger partial charge is 0.453 e. The van der Waals surface area contributed by atoms with E-state index in [9.17, 15) is 4.79 Å². The molecule has 58 valence electrons. The van der Waals surface area contributed by atoms with Crippen LogP contribution in [0.2, 0.25) is 0 Å². The average molecular weight is 161 g/mol. The molecule has 0 heterocycles.